The van der Waals surface area contributed by atoms with Crippen LogP contribution in [0.4, 0.5) is 11.5 Å². The van der Waals surface area contributed by atoms with Crippen LogP contribution in [-0.4, -0.2) is 17.1 Å². The van der Waals surface area contributed by atoms with Gasteiger partial charge in [-0.1, -0.05) is 0 Å². The molecular weight excluding hydrogens is 264 g/mol. The van der Waals surface area contributed by atoms with E-state index in [4.69, 9.17) is 21.6 Å². The largest absolute Gasteiger partial charge is 0.495 e. The molecule has 0 aliphatic carbocycles. The second-order valence-corrected chi connectivity index (χ2v) is 4.15. The molecule has 2 rings (SSSR count). The number of rotatable bonds is 3. The summed E-state index contributed by atoms with van der Waals surface area (Å²) in [6.07, 6.45) is 0. The Bertz CT molecular complexity index is 631. The SMILES string of the molecule is COc1cc(C#N)ccc1Nc1cc(C)nc(Cl)n1. The third-order valence-corrected chi connectivity index (χ3v) is 2.59. The standard InChI is InChI=1S/C13H11ClN4O/c1-8-5-12(18-13(14)16-8)17-10-4-3-9(7-15)6-11(10)19-2/h3-6H,1-2H3,(H,16,17,18). The molecule has 6 heteroatoms. The highest BCUT2D eigenvalue weighted by molar-refractivity contribution is 6.28. The maximum Gasteiger partial charge on any atom is 0.224 e. The Morgan fingerprint density at radius 1 is 1.32 bits per heavy atom. The van der Waals surface area contributed by atoms with Crippen LogP contribution in [0.15, 0.2) is 24.3 Å². The highest BCUT2D eigenvalue weighted by Gasteiger charge is 2.07. The Hall–Kier alpha value is -2.32. The first-order valence-corrected chi connectivity index (χ1v) is 5.86. The minimum absolute atomic E-state index is 0.176. The molecule has 0 saturated carbocycles. The van der Waals surface area contributed by atoms with Crippen molar-refractivity contribution in [3.05, 3.63) is 40.8 Å². The van der Waals surface area contributed by atoms with E-state index in [9.17, 15) is 0 Å². The number of aromatic nitrogens is 2. The number of anilines is 2. The van der Waals surface area contributed by atoms with Gasteiger partial charge in [-0.05, 0) is 30.7 Å². The van der Waals surface area contributed by atoms with Crippen molar-refractivity contribution in [1.29, 1.82) is 5.26 Å². The van der Waals surface area contributed by atoms with Crippen molar-refractivity contribution in [2.45, 2.75) is 6.92 Å². The van der Waals surface area contributed by atoms with Gasteiger partial charge >= 0.3 is 0 Å². The minimum atomic E-state index is 0.176. The summed E-state index contributed by atoms with van der Waals surface area (Å²) in [6.45, 7) is 1.83. The summed E-state index contributed by atoms with van der Waals surface area (Å²) in [7, 11) is 1.54. The monoisotopic (exact) mass is 274 g/mol. The summed E-state index contributed by atoms with van der Waals surface area (Å²) < 4.78 is 5.23. The van der Waals surface area contributed by atoms with E-state index in [-0.39, 0.29) is 5.28 Å². The van der Waals surface area contributed by atoms with Gasteiger partial charge in [-0.25, -0.2) is 9.97 Å². The molecule has 0 amide bonds. The molecule has 2 aromatic rings. The van der Waals surface area contributed by atoms with Crippen molar-refractivity contribution < 1.29 is 4.74 Å². The average molecular weight is 275 g/mol. The van der Waals surface area contributed by atoms with E-state index < -0.39 is 0 Å². The molecule has 0 aliphatic heterocycles. The molecule has 0 aliphatic rings. The molecule has 96 valence electrons. The number of methoxy groups -OCH3 is 1. The molecule has 1 aromatic carbocycles. The van der Waals surface area contributed by atoms with E-state index in [0.29, 0.717) is 22.8 Å². The van der Waals surface area contributed by atoms with Crippen LogP contribution in [0.2, 0.25) is 5.28 Å². The molecule has 0 atom stereocenters. The van der Waals surface area contributed by atoms with Gasteiger partial charge in [0, 0.05) is 17.8 Å². The lowest BCUT2D eigenvalue weighted by atomic mass is 10.2. The van der Waals surface area contributed by atoms with Gasteiger partial charge < -0.3 is 10.1 Å². The van der Waals surface area contributed by atoms with Crippen LogP contribution in [0.3, 0.4) is 0 Å². The van der Waals surface area contributed by atoms with Gasteiger partial charge in [-0.15, -0.1) is 0 Å². The number of halogens is 1. The van der Waals surface area contributed by atoms with Crippen LogP contribution in [0.1, 0.15) is 11.3 Å². The first-order valence-electron chi connectivity index (χ1n) is 5.48. The molecule has 1 N–H and O–H groups in total. The molecule has 1 heterocycles. The Morgan fingerprint density at radius 2 is 2.11 bits per heavy atom. The van der Waals surface area contributed by atoms with Gasteiger partial charge in [0.05, 0.1) is 24.4 Å². The predicted octanol–water partition coefficient (Wildman–Crippen LogP) is 3.06. The summed E-state index contributed by atoms with van der Waals surface area (Å²) in [5.74, 6) is 1.13. The number of nitrogens with one attached hydrogen (secondary N) is 1. The number of aryl methyl sites for hydroxylation is 1. The first kappa shape index (κ1) is 13.1. The number of nitriles is 1. The third-order valence-electron chi connectivity index (χ3n) is 2.42. The van der Waals surface area contributed by atoms with Crippen LogP contribution in [0.25, 0.3) is 0 Å². The zero-order chi connectivity index (χ0) is 13.8. The normalized spacial score (nSPS) is 9.79. The number of hydrogen-bond donors (Lipinski definition) is 1. The minimum Gasteiger partial charge on any atom is -0.495 e. The number of benzene rings is 1. The molecule has 0 fully saturated rings. The van der Waals surface area contributed by atoms with Gasteiger partial charge in [0.15, 0.2) is 0 Å². The van der Waals surface area contributed by atoms with E-state index >= 15 is 0 Å². The molecule has 5 nitrogen and oxygen atoms in total. The fraction of sp³-hybridized carbons (Fsp3) is 0.154. The number of ether oxygens (including phenoxy) is 1. The molecule has 0 radical (unpaired) electrons. The van der Waals surface area contributed by atoms with Crippen molar-refractivity contribution in [2.75, 3.05) is 12.4 Å². The lowest BCUT2D eigenvalue weighted by Gasteiger charge is -2.11. The quantitative estimate of drug-likeness (QED) is 0.871. The van der Waals surface area contributed by atoms with Crippen molar-refractivity contribution >= 4 is 23.1 Å². The molecule has 0 bridgehead atoms. The van der Waals surface area contributed by atoms with Gasteiger partial charge in [-0.3, -0.25) is 0 Å². The van der Waals surface area contributed by atoms with Crippen LogP contribution in [0.5, 0.6) is 5.75 Å². The Morgan fingerprint density at radius 3 is 2.74 bits per heavy atom. The van der Waals surface area contributed by atoms with E-state index in [1.807, 2.05) is 6.92 Å². The molecule has 19 heavy (non-hydrogen) atoms. The summed E-state index contributed by atoms with van der Waals surface area (Å²) >= 11 is 5.80. The third kappa shape index (κ3) is 3.12. The number of hydrogen-bond acceptors (Lipinski definition) is 5. The van der Waals surface area contributed by atoms with Gasteiger partial charge in [-0.2, -0.15) is 5.26 Å². The van der Waals surface area contributed by atoms with Crippen LogP contribution < -0.4 is 10.1 Å². The topological polar surface area (TPSA) is 70.8 Å². The van der Waals surface area contributed by atoms with Crippen molar-refractivity contribution in [3.8, 4) is 11.8 Å². The second kappa shape index (κ2) is 5.55. The van der Waals surface area contributed by atoms with E-state index in [0.717, 1.165) is 5.69 Å². The molecule has 0 spiro atoms. The molecule has 0 unspecified atom stereocenters. The lowest BCUT2D eigenvalue weighted by molar-refractivity contribution is 0.416. The van der Waals surface area contributed by atoms with Gasteiger partial charge in [0.1, 0.15) is 11.6 Å². The fourth-order valence-corrected chi connectivity index (χ4v) is 1.82. The Labute approximate surface area is 115 Å². The van der Waals surface area contributed by atoms with Gasteiger partial charge in [0.2, 0.25) is 5.28 Å². The maximum absolute atomic E-state index is 8.85. The zero-order valence-corrected chi connectivity index (χ0v) is 11.2. The van der Waals surface area contributed by atoms with E-state index in [1.165, 1.54) is 0 Å². The van der Waals surface area contributed by atoms with Crippen molar-refractivity contribution in [2.24, 2.45) is 0 Å². The highest BCUT2D eigenvalue weighted by Crippen LogP contribution is 2.28. The Balaban J connectivity index is 2.35. The van der Waals surface area contributed by atoms with Crippen LogP contribution >= 0.6 is 11.6 Å². The molecule has 0 saturated heterocycles. The predicted molar refractivity (Wildman–Crippen MR) is 72.8 cm³/mol. The summed E-state index contributed by atoms with van der Waals surface area (Å²) in [6, 6.07) is 8.92. The first-order chi connectivity index (χ1) is 9.12. The number of nitrogens with zero attached hydrogens (tertiary/aromatic N) is 3. The lowest BCUT2D eigenvalue weighted by Crippen LogP contribution is -1.99. The summed E-state index contributed by atoms with van der Waals surface area (Å²) in [5.41, 5.74) is 1.99. The second-order valence-electron chi connectivity index (χ2n) is 3.82. The summed E-state index contributed by atoms with van der Waals surface area (Å²) in [4.78, 5) is 8.06. The summed E-state index contributed by atoms with van der Waals surface area (Å²) in [5, 5.41) is 12.1. The smallest absolute Gasteiger partial charge is 0.224 e. The molecule has 1 aromatic heterocycles. The van der Waals surface area contributed by atoms with Crippen molar-refractivity contribution in [3.63, 3.8) is 0 Å². The van der Waals surface area contributed by atoms with Crippen LogP contribution in [0, 0.1) is 18.3 Å². The average Bonchev–Trinajstić information content (AvgIpc) is 2.38. The van der Waals surface area contributed by atoms with Gasteiger partial charge in [0.25, 0.3) is 0 Å². The maximum atomic E-state index is 8.85. The van der Waals surface area contributed by atoms with E-state index in [1.54, 1.807) is 31.4 Å². The Kier molecular flexibility index (Phi) is 3.83. The highest BCUT2D eigenvalue weighted by atomic mass is 35.5. The van der Waals surface area contributed by atoms with Crippen molar-refractivity contribution in [1.82, 2.24) is 9.97 Å². The fourth-order valence-electron chi connectivity index (χ4n) is 1.60. The van der Waals surface area contributed by atoms with E-state index in [2.05, 4.69) is 21.4 Å². The van der Waals surface area contributed by atoms with Crippen LogP contribution in [-0.2, 0) is 0 Å². The zero-order valence-electron chi connectivity index (χ0n) is 10.4. The molecular formula is C13H11ClN4O.